The fourth-order valence-corrected chi connectivity index (χ4v) is 3.66. The lowest BCUT2D eigenvalue weighted by molar-refractivity contribution is -0.143. The number of methoxy groups -OCH3 is 1. The molecule has 0 amide bonds. The average Bonchev–Trinajstić information content (AvgIpc) is 3.04. The molecular weight excluding hydrogens is 357 g/mol. The topological polar surface area (TPSA) is 54.1 Å². The number of fused-ring (bicyclic) bond motifs is 3. The smallest absolute Gasteiger partial charge is 0.416 e. The predicted octanol–water partition coefficient (Wildman–Crippen LogP) is 3.96. The van der Waals surface area contributed by atoms with Crippen LogP contribution in [-0.4, -0.2) is 24.1 Å². The second-order valence-corrected chi connectivity index (χ2v) is 6.56. The molecule has 0 saturated carbocycles. The second-order valence-electron chi connectivity index (χ2n) is 6.56. The maximum absolute atomic E-state index is 12.9. The molecule has 140 valence electrons. The van der Waals surface area contributed by atoms with Gasteiger partial charge < -0.3 is 9.72 Å². The summed E-state index contributed by atoms with van der Waals surface area (Å²) in [6.07, 6.45) is -3.94. The number of carbonyl (C=O) groups is 1. The van der Waals surface area contributed by atoms with Crippen LogP contribution in [0.4, 0.5) is 13.2 Å². The molecule has 1 aromatic heterocycles. The summed E-state index contributed by atoms with van der Waals surface area (Å²) >= 11 is 0. The number of hydrogen-bond donors (Lipinski definition) is 2. The van der Waals surface area contributed by atoms with E-state index in [1.165, 1.54) is 19.2 Å². The van der Waals surface area contributed by atoms with E-state index < -0.39 is 29.8 Å². The molecule has 7 heteroatoms. The first-order valence-corrected chi connectivity index (χ1v) is 8.49. The zero-order valence-electron chi connectivity index (χ0n) is 14.4. The molecule has 2 heterocycles. The van der Waals surface area contributed by atoms with Crippen molar-refractivity contribution in [2.24, 2.45) is 0 Å². The number of aromatic amines is 1. The molecule has 2 atom stereocenters. The average molecular weight is 374 g/mol. The zero-order valence-corrected chi connectivity index (χ0v) is 14.4. The van der Waals surface area contributed by atoms with E-state index in [9.17, 15) is 18.0 Å². The van der Waals surface area contributed by atoms with Gasteiger partial charge in [0.2, 0.25) is 0 Å². The van der Waals surface area contributed by atoms with E-state index in [-0.39, 0.29) is 0 Å². The largest absolute Gasteiger partial charge is 0.468 e. The van der Waals surface area contributed by atoms with Crippen LogP contribution in [0.1, 0.15) is 28.4 Å². The van der Waals surface area contributed by atoms with Gasteiger partial charge in [0.1, 0.15) is 6.04 Å². The van der Waals surface area contributed by atoms with Gasteiger partial charge in [-0.1, -0.05) is 30.3 Å². The molecule has 0 unspecified atom stereocenters. The van der Waals surface area contributed by atoms with Gasteiger partial charge in [0.05, 0.1) is 18.7 Å². The molecule has 4 nitrogen and oxygen atoms in total. The molecule has 3 aromatic rings. The lowest BCUT2D eigenvalue weighted by atomic mass is 9.90. The Morgan fingerprint density at radius 1 is 1.11 bits per heavy atom. The maximum Gasteiger partial charge on any atom is 0.416 e. The normalized spacial score (nSPS) is 19.7. The number of hydrogen-bond acceptors (Lipinski definition) is 3. The number of ether oxygens (including phenoxy) is 1. The van der Waals surface area contributed by atoms with Crippen molar-refractivity contribution in [1.29, 1.82) is 0 Å². The van der Waals surface area contributed by atoms with Crippen molar-refractivity contribution in [3.8, 4) is 0 Å². The highest BCUT2D eigenvalue weighted by Crippen LogP contribution is 2.36. The number of rotatable bonds is 2. The predicted molar refractivity (Wildman–Crippen MR) is 94.2 cm³/mol. The Hall–Kier alpha value is -2.80. The minimum Gasteiger partial charge on any atom is -0.468 e. The molecular formula is C20H17F3N2O2. The van der Waals surface area contributed by atoms with Crippen LogP contribution in [0.25, 0.3) is 10.9 Å². The molecule has 27 heavy (non-hydrogen) atoms. The highest BCUT2D eigenvalue weighted by molar-refractivity contribution is 5.87. The van der Waals surface area contributed by atoms with E-state index in [2.05, 4.69) is 10.3 Å². The molecule has 0 radical (unpaired) electrons. The second kappa shape index (κ2) is 6.42. The van der Waals surface area contributed by atoms with Crippen molar-refractivity contribution >= 4 is 16.9 Å². The number of halogens is 3. The summed E-state index contributed by atoms with van der Waals surface area (Å²) in [5.41, 5.74) is 2.69. The first-order valence-electron chi connectivity index (χ1n) is 8.49. The van der Waals surface area contributed by atoms with Crippen molar-refractivity contribution in [2.45, 2.75) is 24.7 Å². The fourth-order valence-electron chi connectivity index (χ4n) is 3.66. The summed E-state index contributed by atoms with van der Waals surface area (Å²) in [7, 11) is 1.32. The van der Waals surface area contributed by atoms with Gasteiger partial charge in [-0.3, -0.25) is 10.1 Å². The molecule has 2 N–H and O–H groups in total. The number of carbonyl (C=O) groups excluding carboxylic acids is 1. The first-order chi connectivity index (χ1) is 12.9. The molecule has 0 saturated heterocycles. The SMILES string of the molecule is COC(=O)[C@@H]1Cc2c([nH]c3ccccc23)[C@@H](c2ccc(C(F)(F)F)cc2)N1. The summed E-state index contributed by atoms with van der Waals surface area (Å²) in [5.74, 6) is -0.400. The van der Waals surface area contributed by atoms with Gasteiger partial charge in [-0.2, -0.15) is 13.2 Å². The minimum absolute atomic E-state index is 0.400. The highest BCUT2D eigenvalue weighted by atomic mass is 19.4. The molecule has 2 aromatic carbocycles. The summed E-state index contributed by atoms with van der Waals surface area (Å²) in [6.45, 7) is 0. The Morgan fingerprint density at radius 2 is 1.81 bits per heavy atom. The van der Waals surface area contributed by atoms with Gasteiger partial charge in [-0.05, 0) is 29.3 Å². The van der Waals surface area contributed by atoms with Crippen molar-refractivity contribution in [2.75, 3.05) is 7.11 Å². The Balaban J connectivity index is 1.81. The van der Waals surface area contributed by atoms with Crippen LogP contribution in [0.3, 0.4) is 0 Å². The van der Waals surface area contributed by atoms with Crippen molar-refractivity contribution < 1.29 is 22.7 Å². The summed E-state index contributed by atoms with van der Waals surface area (Å²) in [4.78, 5) is 15.5. The third-order valence-electron chi connectivity index (χ3n) is 4.97. The molecule has 1 aliphatic rings. The maximum atomic E-state index is 12.9. The minimum atomic E-state index is -4.39. The first kappa shape index (κ1) is 17.6. The monoisotopic (exact) mass is 374 g/mol. The van der Waals surface area contributed by atoms with E-state index in [0.29, 0.717) is 12.0 Å². The van der Waals surface area contributed by atoms with E-state index in [4.69, 9.17) is 4.74 Å². The van der Waals surface area contributed by atoms with Crippen LogP contribution < -0.4 is 5.32 Å². The lowest BCUT2D eigenvalue weighted by Gasteiger charge is -2.30. The van der Waals surface area contributed by atoms with Gasteiger partial charge in [0, 0.05) is 23.0 Å². The molecule has 4 rings (SSSR count). The molecule has 0 bridgehead atoms. The lowest BCUT2D eigenvalue weighted by Crippen LogP contribution is -2.45. The number of H-pyrrole nitrogens is 1. The molecule has 0 fully saturated rings. The highest BCUT2D eigenvalue weighted by Gasteiger charge is 2.35. The van der Waals surface area contributed by atoms with Crippen molar-refractivity contribution in [1.82, 2.24) is 10.3 Å². The molecule has 0 spiro atoms. The number of benzene rings is 2. The third-order valence-corrected chi connectivity index (χ3v) is 4.97. The fraction of sp³-hybridized carbons (Fsp3) is 0.250. The standard InChI is InChI=1S/C20H17F3N2O2/c1-27-19(26)16-10-14-13-4-2-3-5-15(13)24-18(14)17(25-16)11-6-8-12(9-7-11)20(21,22)23/h2-9,16-17,24-25H,10H2,1H3/t16-,17+/m0/s1. The van der Waals surface area contributed by atoms with E-state index in [1.54, 1.807) is 0 Å². The third kappa shape index (κ3) is 3.08. The quantitative estimate of drug-likeness (QED) is 0.668. The zero-order chi connectivity index (χ0) is 19.2. The number of alkyl halides is 3. The van der Waals surface area contributed by atoms with Gasteiger partial charge >= 0.3 is 12.1 Å². The number of aromatic nitrogens is 1. The van der Waals surface area contributed by atoms with Crippen LogP contribution in [0.5, 0.6) is 0 Å². The Labute approximate surface area is 153 Å². The van der Waals surface area contributed by atoms with E-state index >= 15 is 0 Å². The number of nitrogens with one attached hydrogen (secondary N) is 2. The number of esters is 1. The van der Waals surface area contributed by atoms with Crippen LogP contribution in [0, 0.1) is 0 Å². The Kier molecular flexibility index (Phi) is 4.19. The van der Waals surface area contributed by atoms with Gasteiger partial charge in [0.25, 0.3) is 0 Å². The van der Waals surface area contributed by atoms with E-state index in [1.807, 2.05) is 24.3 Å². The van der Waals surface area contributed by atoms with Crippen LogP contribution >= 0.6 is 0 Å². The van der Waals surface area contributed by atoms with Crippen molar-refractivity contribution in [3.05, 3.63) is 70.9 Å². The summed E-state index contributed by atoms with van der Waals surface area (Å²) < 4.78 is 43.5. The number of para-hydroxylation sites is 1. The summed E-state index contributed by atoms with van der Waals surface area (Å²) in [6, 6.07) is 11.7. The Morgan fingerprint density at radius 3 is 2.48 bits per heavy atom. The summed E-state index contributed by atoms with van der Waals surface area (Å²) in [5, 5.41) is 4.21. The molecule has 1 aliphatic heterocycles. The van der Waals surface area contributed by atoms with Gasteiger partial charge in [0.15, 0.2) is 0 Å². The van der Waals surface area contributed by atoms with Crippen LogP contribution in [0.2, 0.25) is 0 Å². The van der Waals surface area contributed by atoms with Gasteiger partial charge in [-0.25, -0.2) is 0 Å². The van der Waals surface area contributed by atoms with Crippen LogP contribution in [0.15, 0.2) is 48.5 Å². The van der Waals surface area contributed by atoms with E-state index in [0.717, 1.165) is 34.3 Å². The van der Waals surface area contributed by atoms with Crippen molar-refractivity contribution in [3.63, 3.8) is 0 Å². The van der Waals surface area contributed by atoms with Crippen LogP contribution in [-0.2, 0) is 22.1 Å². The van der Waals surface area contributed by atoms with Gasteiger partial charge in [-0.15, -0.1) is 0 Å². The molecule has 0 aliphatic carbocycles. The Bertz CT molecular complexity index is 993.